The Morgan fingerprint density at radius 2 is 1.87 bits per heavy atom. The van der Waals surface area contributed by atoms with Crippen molar-refractivity contribution in [3.05, 3.63) is 60.2 Å². The van der Waals surface area contributed by atoms with Gasteiger partial charge < -0.3 is 5.32 Å². The van der Waals surface area contributed by atoms with Crippen LogP contribution in [-0.4, -0.2) is 33.2 Å². The zero-order chi connectivity index (χ0) is 21.1. The van der Waals surface area contributed by atoms with Crippen molar-refractivity contribution in [2.24, 2.45) is 4.99 Å². The number of carbonyl (C=O) groups is 2. The molecule has 1 atom stereocenters. The van der Waals surface area contributed by atoms with Gasteiger partial charge in [-0.1, -0.05) is 42.8 Å². The van der Waals surface area contributed by atoms with Crippen LogP contribution in [0.1, 0.15) is 32.1 Å². The average molecular weight is 429 g/mol. The fourth-order valence-electron chi connectivity index (χ4n) is 3.77. The molecule has 0 spiro atoms. The SMILES string of the molecule is O=C(CC1SC(=Nc2ccccc2)N(C2CCCC2)C1=O)Nc1ccc(F)cc1F. The van der Waals surface area contributed by atoms with Gasteiger partial charge in [-0.05, 0) is 37.1 Å². The predicted molar refractivity (Wildman–Crippen MR) is 114 cm³/mol. The van der Waals surface area contributed by atoms with E-state index in [-0.39, 0.29) is 24.1 Å². The van der Waals surface area contributed by atoms with E-state index in [0.717, 1.165) is 37.4 Å². The van der Waals surface area contributed by atoms with Crippen LogP contribution in [0.4, 0.5) is 20.2 Å². The Morgan fingerprint density at radius 3 is 2.57 bits per heavy atom. The van der Waals surface area contributed by atoms with Crippen molar-refractivity contribution in [1.29, 1.82) is 0 Å². The molecule has 4 rings (SSSR count). The lowest BCUT2D eigenvalue weighted by Gasteiger charge is -2.23. The molecular formula is C22H21F2N3O2S. The van der Waals surface area contributed by atoms with E-state index >= 15 is 0 Å². The summed E-state index contributed by atoms with van der Waals surface area (Å²) in [4.78, 5) is 32.0. The third kappa shape index (κ3) is 4.53. The van der Waals surface area contributed by atoms with E-state index in [1.165, 1.54) is 17.8 Å². The van der Waals surface area contributed by atoms with Gasteiger partial charge in [0.05, 0.1) is 11.4 Å². The number of rotatable bonds is 5. The van der Waals surface area contributed by atoms with Gasteiger partial charge in [-0.3, -0.25) is 14.5 Å². The Hall–Kier alpha value is -2.74. The molecule has 1 saturated carbocycles. The minimum absolute atomic E-state index is 0.0927. The molecule has 156 valence electrons. The number of nitrogens with one attached hydrogen (secondary N) is 1. The van der Waals surface area contributed by atoms with Crippen LogP contribution >= 0.6 is 11.8 Å². The number of benzene rings is 2. The first-order valence-electron chi connectivity index (χ1n) is 9.89. The van der Waals surface area contributed by atoms with Crippen molar-refractivity contribution in [1.82, 2.24) is 4.90 Å². The molecule has 0 aromatic heterocycles. The van der Waals surface area contributed by atoms with Crippen LogP contribution in [-0.2, 0) is 9.59 Å². The number of nitrogens with zero attached hydrogens (tertiary/aromatic N) is 2. The monoisotopic (exact) mass is 429 g/mol. The van der Waals surface area contributed by atoms with E-state index in [0.29, 0.717) is 11.2 Å². The highest BCUT2D eigenvalue weighted by Crippen LogP contribution is 2.37. The second kappa shape index (κ2) is 8.95. The number of carbonyl (C=O) groups excluding carboxylic acids is 2. The number of hydrogen-bond acceptors (Lipinski definition) is 4. The minimum Gasteiger partial charge on any atom is -0.324 e. The number of para-hydroxylation sites is 1. The Morgan fingerprint density at radius 1 is 1.13 bits per heavy atom. The van der Waals surface area contributed by atoms with E-state index in [9.17, 15) is 18.4 Å². The largest absolute Gasteiger partial charge is 0.324 e. The molecular weight excluding hydrogens is 408 g/mol. The molecule has 2 aliphatic rings. The highest BCUT2D eigenvalue weighted by atomic mass is 32.2. The van der Waals surface area contributed by atoms with Crippen LogP contribution in [0, 0.1) is 11.6 Å². The molecule has 1 aliphatic heterocycles. The van der Waals surface area contributed by atoms with Gasteiger partial charge in [0.25, 0.3) is 0 Å². The first kappa shape index (κ1) is 20.5. The van der Waals surface area contributed by atoms with Crippen LogP contribution in [0.2, 0.25) is 0 Å². The molecule has 2 aromatic rings. The molecule has 8 heteroatoms. The molecule has 1 N–H and O–H groups in total. The molecule has 2 amide bonds. The van der Waals surface area contributed by atoms with Gasteiger partial charge in [-0.2, -0.15) is 0 Å². The number of hydrogen-bond donors (Lipinski definition) is 1. The van der Waals surface area contributed by atoms with Crippen LogP contribution in [0.5, 0.6) is 0 Å². The van der Waals surface area contributed by atoms with Gasteiger partial charge in [0.1, 0.15) is 16.9 Å². The Bertz CT molecular complexity index is 978. The van der Waals surface area contributed by atoms with Crippen molar-refractivity contribution in [2.75, 3.05) is 5.32 Å². The Kier molecular flexibility index (Phi) is 6.13. The number of amides is 2. The molecule has 1 aliphatic carbocycles. The second-order valence-electron chi connectivity index (χ2n) is 7.36. The van der Waals surface area contributed by atoms with Crippen molar-refractivity contribution >= 4 is 40.1 Å². The number of amidine groups is 1. The fourth-order valence-corrected chi connectivity index (χ4v) is 4.98. The molecule has 5 nitrogen and oxygen atoms in total. The summed E-state index contributed by atoms with van der Waals surface area (Å²) < 4.78 is 26.9. The highest BCUT2D eigenvalue weighted by molar-refractivity contribution is 8.15. The first-order chi connectivity index (χ1) is 14.5. The summed E-state index contributed by atoms with van der Waals surface area (Å²) in [6.07, 6.45) is 3.84. The summed E-state index contributed by atoms with van der Waals surface area (Å²) in [5.74, 6) is -2.22. The highest BCUT2D eigenvalue weighted by Gasteiger charge is 2.43. The summed E-state index contributed by atoms with van der Waals surface area (Å²) in [7, 11) is 0. The fraction of sp³-hybridized carbons (Fsp3) is 0.318. The minimum atomic E-state index is -0.854. The van der Waals surface area contributed by atoms with Crippen LogP contribution < -0.4 is 5.32 Å². The molecule has 1 unspecified atom stereocenters. The summed E-state index contributed by atoms with van der Waals surface area (Å²) >= 11 is 1.27. The molecule has 2 aromatic carbocycles. The zero-order valence-corrected chi connectivity index (χ0v) is 17.0. The quantitative estimate of drug-likeness (QED) is 0.738. The summed E-state index contributed by atoms with van der Waals surface area (Å²) in [6.45, 7) is 0. The van der Waals surface area contributed by atoms with E-state index in [4.69, 9.17) is 0 Å². The van der Waals surface area contributed by atoms with Gasteiger partial charge >= 0.3 is 0 Å². The number of aliphatic imine (C=N–C) groups is 1. The maximum absolute atomic E-state index is 13.8. The van der Waals surface area contributed by atoms with Crippen molar-refractivity contribution in [3.63, 3.8) is 0 Å². The number of anilines is 1. The van der Waals surface area contributed by atoms with Crippen molar-refractivity contribution < 1.29 is 18.4 Å². The predicted octanol–water partition coefficient (Wildman–Crippen LogP) is 4.87. The second-order valence-corrected chi connectivity index (χ2v) is 8.53. The standard InChI is InChI=1S/C22H21F2N3O2S/c23-14-10-11-18(17(24)12-14)26-20(28)13-19-21(29)27(16-8-4-5-9-16)22(30-19)25-15-6-2-1-3-7-15/h1-3,6-7,10-12,16,19H,4-5,8-9,13H2,(H,26,28). The van der Waals surface area contributed by atoms with Crippen molar-refractivity contribution in [2.45, 2.75) is 43.4 Å². The lowest BCUT2D eigenvalue weighted by Crippen LogP contribution is -2.40. The van der Waals surface area contributed by atoms with Gasteiger partial charge in [0, 0.05) is 18.5 Å². The van der Waals surface area contributed by atoms with E-state index in [1.54, 1.807) is 4.90 Å². The van der Waals surface area contributed by atoms with Crippen molar-refractivity contribution in [3.8, 4) is 0 Å². The molecule has 1 heterocycles. The van der Waals surface area contributed by atoms with Gasteiger partial charge in [-0.25, -0.2) is 13.8 Å². The summed E-state index contributed by atoms with van der Waals surface area (Å²) in [5.41, 5.74) is 0.636. The smallest absolute Gasteiger partial charge is 0.242 e. The molecule has 2 fully saturated rings. The summed E-state index contributed by atoms with van der Waals surface area (Å²) in [5, 5.41) is 2.40. The molecule has 0 radical (unpaired) electrons. The van der Waals surface area contributed by atoms with E-state index < -0.39 is 22.8 Å². The molecule has 1 saturated heterocycles. The Labute approximate surface area is 177 Å². The maximum atomic E-state index is 13.8. The summed E-state index contributed by atoms with van der Waals surface area (Å²) in [6, 6.07) is 12.4. The van der Waals surface area contributed by atoms with Gasteiger partial charge in [-0.15, -0.1) is 0 Å². The Balaban J connectivity index is 1.51. The van der Waals surface area contributed by atoms with Gasteiger partial charge in [0.15, 0.2) is 5.17 Å². The third-order valence-corrected chi connectivity index (χ3v) is 6.37. The maximum Gasteiger partial charge on any atom is 0.242 e. The number of thioether (sulfide) groups is 1. The average Bonchev–Trinajstić information content (AvgIpc) is 3.33. The van der Waals surface area contributed by atoms with E-state index in [2.05, 4.69) is 10.3 Å². The molecule has 30 heavy (non-hydrogen) atoms. The third-order valence-electron chi connectivity index (χ3n) is 5.21. The topological polar surface area (TPSA) is 61.8 Å². The van der Waals surface area contributed by atoms with Gasteiger partial charge in [0.2, 0.25) is 11.8 Å². The van der Waals surface area contributed by atoms with Crippen LogP contribution in [0.3, 0.4) is 0 Å². The van der Waals surface area contributed by atoms with E-state index in [1.807, 2.05) is 30.3 Å². The lowest BCUT2D eigenvalue weighted by molar-refractivity contribution is -0.129. The van der Waals surface area contributed by atoms with Crippen LogP contribution in [0.25, 0.3) is 0 Å². The first-order valence-corrected chi connectivity index (χ1v) is 10.8. The zero-order valence-electron chi connectivity index (χ0n) is 16.2. The van der Waals surface area contributed by atoms with Crippen LogP contribution in [0.15, 0.2) is 53.5 Å². The number of halogens is 2. The normalized spacial score (nSPS) is 20.9. The lowest BCUT2D eigenvalue weighted by atomic mass is 10.2. The molecule has 0 bridgehead atoms.